The molecule has 1 saturated heterocycles. The molecule has 2 radical (unpaired) electrons. The van der Waals surface area contributed by atoms with Gasteiger partial charge in [0.05, 0.1) is 0 Å². The number of aromatic nitrogens is 4. The molecule has 25 heavy (non-hydrogen) atoms. The number of aliphatic hydroxyl groups excluding tert-OH is 3. The third kappa shape index (κ3) is 2.76. The molecular weight excluding hydrogens is 387 g/mol. The third-order valence-corrected chi connectivity index (χ3v) is 4.67. The molecule has 1 fully saturated rings. The zero-order valence-electron chi connectivity index (χ0n) is 13.0. The van der Waals surface area contributed by atoms with Gasteiger partial charge in [0.1, 0.15) is 0 Å². The second-order valence-corrected chi connectivity index (χ2v) is 6.63. The van der Waals surface area contributed by atoms with Crippen molar-refractivity contribution in [2.45, 2.75) is 24.5 Å². The SMILES string of the molecule is OC[C@H]1O[C@@H](n2cnc3c(-c4ccccc4)nc([As])nc32)[C@H](O)[C@@H]1O. The van der Waals surface area contributed by atoms with Crippen molar-refractivity contribution in [2.24, 2.45) is 0 Å². The Balaban J connectivity index is 1.84. The molecule has 0 aliphatic carbocycles. The molecule has 0 amide bonds. The molecule has 3 heterocycles. The van der Waals surface area contributed by atoms with E-state index in [1.54, 1.807) is 4.57 Å². The summed E-state index contributed by atoms with van der Waals surface area (Å²) in [5.41, 5.74) is 2.62. The Morgan fingerprint density at radius 3 is 2.56 bits per heavy atom. The van der Waals surface area contributed by atoms with E-state index in [2.05, 4.69) is 31.8 Å². The Labute approximate surface area is 151 Å². The Bertz CT molecular complexity index is 904. The van der Waals surface area contributed by atoms with Crippen LogP contribution in [0, 0.1) is 0 Å². The van der Waals surface area contributed by atoms with Crippen LogP contribution in [0.2, 0.25) is 0 Å². The number of rotatable bonds is 3. The average molecular weight is 402 g/mol. The molecule has 0 spiro atoms. The van der Waals surface area contributed by atoms with E-state index in [4.69, 9.17) is 4.74 Å². The van der Waals surface area contributed by atoms with Crippen LogP contribution in [0.1, 0.15) is 6.23 Å². The standard InChI is InChI=1S/C16H15AsN4O4/c17-16-19-10(8-4-2-1-3-5-8)11-14(20-16)21(7-18-11)15-13(24)12(23)9(6-22)25-15/h1-5,7,9,12-13,15,22-24H,6H2/t9-,12-,13-,15-/m1/s1. The zero-order chi connectivity index (χ0) is 17.6. The molecular formula is C16H15AsN4O4. The fraction of sp³-hybridized carbons (Fsp3) is 0.312. The molecule has 0 saturated carbocycles. The summed E-state index contributed by atoms with van der Waals surface area (Å²) >= 11 is 2.29. The predicted molar refractivity (Wildman–Crippen MR) is 89.2 cm³/mol. The molecule has 9 heteroatoms. The molecule has 3 N–H and O–H groups in total. The van der Waals surface area contributed by atoms with Crippen molar-refractivity contribution in [3.63, 3.8) is 0 Å². The average Bonchev–Trinajstić information content (AvgIpc) is 3.16. The van der Waals surface area contributed by atoms with Crippen LogP contribution in [0.4, 0.5) is 0 Å². The molecule has 1 aliphatic rings. The number of aliphatic hydroxyl groups is 3. The van der Waals surface area contributed by atoms with Gasteiger partial charge < -0.3 is 0 Å². The Hall–Kier alpha value is -1.83. The predicted octanol–water partition coefficient (Wildman–Crippen LogP) is -1.10. The Morgan fingerprint density at radius 2 is 1.88 bits per heavy atom. The fourth-order valence-corrected chi connectivity index (χ4v) is 3.41. The molecule has 3 aromatic rings. The van der Waals surface area contributed by atoms with E-state index in [9.17, 15) is 15.3 Å². The summed E-state index contributed by atoms with van der Waals surface area (Å²) in [6.07, 6.45) is -2.62. The van der Waals surface area contributed by atoms with Crippen LogP contribution >= 0.6 is 0 Å². The van der Waals surface area contributed by atoms with Gasteiger partial charge in [-0.1, -0.05) is 0 Å². The number of fused-ring (bicyclic) bond motifs is 1. The number of hydrogen-bond acceptors (Lipinski definition) is 7. The number of imidazole rings is 1. The fourth-order valence-electron chi connectivity index (χ4n) is 3.00. The number of ether oxygens (including phenoxy) is 1. The number of nitrogens with zero attached hydrogens (tertiary/aromatic N) is 4. The first-order chi connectivity index (χ1) is 12.1. The Morgan fingerprint density at radius 1 is 1.12 bits per heavy atom. The summed E-state index contributed by atoms with van der Waals surface area (Å²) in [5.74, 6) is 0. The summed E-state index contributed by atoms with van der Waals surface area (Å²) in [5, 5.41) is 29.5. The summed E-state index contributed by atoms with van der Waals surface area (Å²) in [4.78, 5) is 13.3. The Kier molecular flexibility index (Phi) is 4.31. The molecule has 8 nitrogen and oxygen atoms in total. The topological polar surface area (TPSA) is 114 Å². The van der Waals surface area contributed by atoms with Crippen LogP contribution in [-0.4, -0.2) is 76.6 Å². The first-order valence-electron chi connectivity index (χ1n) is 7.71. The van der Waals surface area contributed by atoms with E-state index in [0.29, 0.717) is 21.5 Å². The summed E-state index contributed by atoms with van der Waals surface area (Å²) in [6, 6.07) is 9.61. The van der Waals surface area contributed by atoms with Crippen LogP contribution in [0.3, 0.4) is 0 Å². The van der Waals surface area contributed by atoms with E-state index in [-0.39, 0.29) is 6.61 Å². The normalized spacial score (nSPS) is 26.4. The van der Waals surface area contributed by atoms with Crippen molar-refractivity contribution < 1.29 is 20.1 Å². The van der Waals surface area contributed by atoms with E-state index in [1.807, 2.05) is 30.3 Å². The molecule has 0 unspecified atom stereocenters. The third-order valence-electron chi connectivity index (χ3n) is 4.25. The van der Waals surface area contributed by atoms with E-state index < -0.39 is 24.5 Å². The minimum atomic E-state index is -1.19. The van der Waals surface area contributed by atoms with Crippen LogP contribution in [0.15, 0.2) is 36.7 Å². The van der Waals surface area contributed by atoms with E-state index >= 15 is 0 Å². The molecule has 4 atom stereocenters. The van der Waals surface area contributed by atoms with Gasteiger partial charge in [0.15, 0.2) is 0 Å². The first-order valence-corrected chi connectivity index (χ1v) is 8.65. The maximum atomic E-state index is 10.3. The van der Waals surface area contributed by atoms with E-state index in [0.717, 1.165) is 5.56 Å². The van der Waals surface area contributed by atoms with Crippen molar-refractivity contribution in [1.29, 1.82) is 0 Å². The second-order valence-electron chi connectivity index (χ2n) is 5.79. The van der Waals surface area contributed by atoms with Gasteiger partial charge >= 0.3 is 151 Å². The van der Waals surface area contributed by atoms with Crippen molar-refractivity contribution in [2.75, 3.05) is 6.61 Å². The van der Waals surface area contributed by atoms with Crippen LogP contribution in [0.5, 0.6) is 0 Å². The minimum absolute atomic E-state index is 0.387. The quantitative estimate of drug-likeness (QED) is 0.477. The maximum absolute atomic E-state index is 10.3. The molecule has 128 valence electrons. The summed E-state index contributed by atoms with van der Waals surface area (Å²) < 4.78 is 7.63. The van der Waals surface area contributed by atoms with Gasteiger partial charge in [-0.25, -0.2) is 0 Å². The van der Waals surface area contributed by atoms with Gasteiger partial charge in [0.2, 0.25) is 0 Å². The van der Waals surface area contributed by atoms with Gasteiger partial charge in [-0.2, -0.15) is 0 Å². The molecule has 2 aromatic heterocycles. The molecule has 4 rings (SSSR count). The second kappa shape index (κ2) is 6.48. The molecule has 1 aliphatic heterocycles. The van der Waals surface area contributed by atoms with Crippen LogP contribution < -0.4 is 4.61 Å². The number of hydrogen-bond donors (Lipinski definition) is 3. The van der Waals surface area contributed by atoms with Gasteiger partial charge in [0.25, 0.3) is 0 Å². The van der Waals surface area contributed by atoms with Crippen molar-refractivity contribution >= 4 is 32.6 Å². The van der Waals surface area contributed by atoms with Crippen molar-refractivity contribution in [3.8, 4) is 11.3 Å². The van der Waals surface area contributed by atoms with Gasteiger partial charge in [-0.05, 0) is 0 Å². The zero-order valence-corrected chi connectivity index (χ0v) is 14.8. The van der Waals surface area contributed by atoms with Crippen molar-refractivity contribution in [1.82, 2.24) is 19.5 Å². The molecule has 0 bridgehead atoms. The van der Waals surface area contributed by atoms with E-state index in [1.165, 1.54) is 6.33 Å². The molecule has 1 aromatic carbocycles. The number of benzene rings is 1. The summed E-state index contributed by atoms with van der Waals surface area (Å²) in [7, 11) is 0. The van der Waals surface area contributed by atoms with Gasteiger partial charge in [-0.15, -0.1) is 0 Å². The van der Waals surface area contributed by atoms with Crippen molar-refractivity contribution in [3.05, 3.63) is 36.7 Å². The van der Waals surface area contributed by atoms with Gasteiger partial charge in [0, 0.05) is 0 Å². The van der Waals surface area contributed by atoms with Crippen LogP contribution in [-0.2, 0) is 4.74 Å². The summed E-state index contributed by atoms with van der Waals surface area (Å²) in [6.45, 7) is -0.387. The monoisotopic (exact) mass is 402 g/mol. The first kappa shape index (κ1) is 16.6. The van der Waals surface area contributed by atoms with Gasteiger partial charge in [-0.3, -0.25) is 0 Å². The van der Waals surface area contributed by atoms with Crippen LogP contribution in [0.25, 0.3) is 22.4 Å².